The highest BCUT2D eigenvalue weighted by Crippen LogP contribution is 2.38. The molecule has 1 fully saturated rings. The van der Waals surface area contributed by atoms with Gasteiger partial charge in [0.25, 0.3) is 11.5 Å². The average Bonchev–Trinajstić information content (AvgIpc) is 3.19. The van der Waals surface area contributed by atoms with Crippen molar-refractivity contribution in [1.29, 1.82) is 0 Å². The number of ether oxygens (including phenoxy) is 1. The predicted molar refractivity (Wildman–Crippen MR) is 101 cm³/mol. The fourth-order valence-corrected chi connectivity index (χ4v) is 3.19. The summed E-state index contributed by atoms with van der Waals surface area (Å²) in [5, 5.41) is 38.6. The average molecular weight is 401 g/mol. The van der Waals surface area contributed by atoms with Gasteiger partial charge in [-0.1, -0.05) is 18.2 Å². The number of nitrogen functional groups attached to an aromatic ring is 1. The molecule has 2 aromatic heterocycles. The van der Waals surface area contributed by atoms with Crippen LogP contribution in [-0.4, -0.2) is 59.8 Å². The van der Waals surface area contributed by atoms with E-state index in [1.165, 1.54) is 4.57 Å². The van der Waals surface area contributed by atoms with Gasteiger partial charge in [-0.05, 0) is 12.1 Å². The molecule has 3 atom stereocenters. The summed E-state index contributed by atoms with van der Waals surface area (Å²) in [7, 11) is 0. The second kappa shape index (κ2) is 7.33. The van der Waals surface area contributed by atoms with Crippen LogP contribution in [0.2, 0.25) is 0 Å². The van der Waals surface area contributed by atoms with Gasteiger partial charge < -0.3 is 25.8 Å². The van der Waals surface area contributed by atoms with Gasteiger partial charge in [0.05, 0.1) is 12.3 Å². The lowest BCUT2D eigenvalue weighted by atomic mass is 9.95. The quantitative estimate of drug-likeness (QED) is 0.373. The van der Waals surface area contributed by atoms with E-state index in [-0.39, 0.29) is 42.7 Å². The van der Waals surface area contributed by atoms with Crippen molar-refractivity contribution in [3.8, 4) is 0 Å². The lowest BCUT2D eigenvalue weighted by Crippen LogP contribution is -2.43. The number of anilines is 1. The van der Waals surface area contributed by atoms with Crippen molar-refractivity contribution in [3.63, 3.8) is 0 Å². The minimum Gasteiger partial charge on any atom is -0.396 e. The summed E-state index contributed by atoms with van der Waals surface area (Å²) in [5.74, 6) is -0.224. The molecule has 12 nitrogen and oxygen atoms in total. The summed E-state index contributed by atoms with van der Waals surface area (Å²) < 4.78 is 6.83. The van der Waals surface area contributed by atoms with Crippen LogP contribution in [0, 0.1) is 0 Å². The number of hydrogen-bond donors (Lipinski definition) is 5. The molecule has 4 rings (SSSR count). The molecular weight excluding hydrogens is 382 g/mol. The Morgan fingerprint density at radius 2 is 2.07 bits per heavy atom. The Morgan fingerprint density at radius 3 is 2.79 bits per heavy atom. The zero-order valence-corrected chi connectivity index (χ0v) is 15.1. The third-order valence-corrected chi connectivity index (χ3v) is 4.69. The summed E-state index contributed by atoms with van der Waals surface area (Å²) in [6, 6.07) is 8.83. The zero-order chi connectivity index (χ0) is 20.6. The van der Waals surface area contributed by atoms with Gasteiger partial charge in [-0.15, -0.1) is 10.2 Å². The Hall–Kier alpha value is -3.19. The van der Waals surface area contributed by atoms with E-state index in [2.05, 4.69) is 25.2 Å². The number of aromatic amines is 1. The maximum Gasteiger partial charge on any atom is 0.280 e. The molecule has 12 heteroatoms. The van der Waals surface area contributed by atoms with E-state index in [1.807, 2.05) is 6.07 Å². The summed E-state index contributed by atoms with van der Waals surface area (Å²) >= 11 is 0. The molecule has 1 aromatic carbocycles. The van der Waals surface area contributed by atoms with E-state index in [4.69, 9.17) is 10.5 Å². The molecule has 0 aliphatic carbocycles. The van der Waals surface area contributed by atoms with Crippen molar-refractivity contribution in [3.05, 3.63) is 40.7 Å². The van der Waals surface area contributed by atoms with Gasteiger partial charge in [-0.25, -0.2) is 4.98 Å². The summed E-state index contributed by atoms with van der Waals surface area (Å²) in [5.41, 5.74) is 3.86. The van der Waals surface area contributed by atoms with Crippen LogP contribution in [0.5, 0.6) is 0 Å². The van der Waals surface area contributed by atoms with E-state index < -0.39 is 23.5 Å². The number of rotatable bonds is 5. The third-order valence-electron chi connectivity index (χ3n) is 4.69. The van der Waals surface area contributed by atoms with Crippen LogP contribution in [0.3, 0.4) is 0 Å². The number of hydrogen-bond acceptors (Lipinski definition) is 10. The number of H-pyrrole nitrogens is 1. The predicted octanol–water partition coefficient (Wildman–Crippen LogP) is 0.120. The first kappa shape index (κ1) is 19.1. The molecule has 0 spiro atoms. The first-order valence-electron chi connectivity index (χ1n) is 8.80. The van der Waals surface area contributed by atoms with Gasteiger partial charge in [-0.3, -0.25) is 14.3 Å². The van der Waals surface area contributed by atoms with E-state index in [0.29, 0.717) is 5.69 Å². The van der Waals surface area contributed by atoms with Crippen LogP contribution in [0.1, 0.15) is 12.6 Å². The maximum absolute atomic E-state index is 12.3. The maximum atomic E-state index is 12.3. The normalized spacial score (nSPS) is 24.7. The Kier molecular flexibility index (Phi) is 4.84. The SMILES string of the molecule is Nc1nc2c(nc(N=Nc3ccccc3)n2[C@@H]2OCC(O)(CCO)C2O)c(=O)[nH]1. The highest BCUT2D eigenvalue weighted by molar-refractivity contribution is 5.74. The minimum absolute atomic E-state index is 0.0190. The van der Waals surface area contributed by atoms with Gasteiger partial charge in [0.1, 0.15) is 11.7 Å². The van der Waals surface area contributed by atoms with Gasteiger partial charge >= 0.3 is 0 Å². The first-order valence-corrected chi connectivity index (χ1v) is 8.80. The fourth-order valence-electron chi connectivity index (χ4n) is 3.19. The molecule has 0 bridgehead atoms. The monoisotopic (exact) mass is 401 g/mol. The van der Waals surface area contributed by atoms with Crippen molar-refractivity contribution in [1.82, 2.24) is 19.5 Å². The number of imidazole rings is 1. The number of azo groups is 1. The van der Waals surface area contributed by atoms with E-state index in [9.17, 15) is 20.1 Å². The molecule has 0 amide bonds. The van der Waals surface area contributed by atoms with Crippen molar-refractivity contribution in [2.45, 2.75) is 24.4 Å². The standard InChI is InChI=1S/C17H19N7O5/c18-15-20-12-10(13(27)21-15)19-16(23-22-9-4-2-1-3-5-9)24(12)14-11(26)17(28,6-7-25)8-29-14/h1-5,11,14,25-26,28H,6-8H2,(H3,18,20,21,27)/t11?,14-,17?/m1/s1. The molecule has 1 aliphatic rings. The second-order valence-electron chi connectivity index (χ2n) is 6.66. The van der Waals surface area contributed by atoms with Gasteiger partial charge in [0, 0.05) is 13.0 Å². The largest absolute Gasteiger partial charge is 0.396 e. The molecule has 29 heavy (non-hydrogen) atoms. The van der Waals surface area contributed by atoms with E-state index >= 15 is 0 Å². The smallest absolute Gasteiger partial charge is 0.280 e. The Morgan fingerprint density at radius 1 is 1.31 bits per heavy atom. The molecular formula is C17H19N7O5. The fraction of sp³-hybridized carbons (Fsp3) is 0.353. The van der Waals surface area contributed by atoms with Crippen LogP contribution in [-0.2, 0) is 4.74 Å². The molecule has 1 saturated heterocycles. The number of aliphatic hydroxyl groups is 3. The van der Waals surface area contributed by atoms with Crippen LogP contribution in [0.4, 0.5) is 17.6 Å². The molecule has 3 heterocycles. The number of aliphatic hydroxyl groups excluding tert-OH is 2. The van der Waals surface area contributed by atoms with Crippen LogP contribution in [0.25, 0.3) is 11.2 Å². The third kappa shape index (κ3) is 3.38. The topological polar surface area (TPSA) is 184 Å². The van der Waals surface area contributed by atoms with Gasteiger partial charge in [-0.2, -0.15) is 4.98 Å². The van der Waals surface area contributed by atoms with Crippen LogP contribution >= 0.6 is 0 Å². The van der Waals surface area contributed by atoms with Gasteiger partial charge in [0.2, 0.25) is 5.95 Å². The summed E-state index contributed by atoms with van der Waals surface area (Å²) in [6.45, 7) is -0.591. The molecule has 2 unspecified atom stereocenters. The lowest BCUT2D eigenvalue weighted by Gasteiger charge is -2.25. The number of nitrogens with two attached hydrogens (primary N) is 1. The first-order chi connectivity index (χ1) is 13.9. The number of nitrogens with one attached hydrogen (secondary N) is 1. The van der Waals surface area contributed by atoms with Gasteiger partial charge in [0.15, 0.2) is 17.4 Å². The Bertz CT molecular complexity index is 1110. The van der Waals surface area contributed by atoms with Crippen molar-refractivity contribution >= 4 is 28.7 Å². The number of fused-ring (bicyclic) bond motifs is 1. The molecule has 0 saturated carbocycles. The Labute approximate surface area is 163 Å². The van der Waals surface area contributed by atoms with Crippen molar-refractivity contribution in [2.24, 2.45) is 10.2 Å². The molecule has 1 aliphatic heterocycles. The molecule has 0 radical (unpaired) electrons. The number of aromatic nitrogens is 4. The van der Waals surface area contributed by atoms with Crippen molar-refractivity contribution in [2.75, 3.05) is 18.9 Å². The number of nitrogens with zero attached hydrogens (tertiary/aromatic N) is 5. The minimum atomic E-state index is -1.68. The van der Waals surface area contributed by atoms with Crippen LogP contribution < -0.4 is 11.3 Å². The number of benzene rings is 1. The van der Waals surface area contributed by atoms with E-state index in [0.717, 1.165) is 0 Å². The molecule has 152 valence electrons. The Balaban J connectivity index is 1.85. The lowest BCUT2D eigenvalue weighted by molar-refractivity contribution is -0.0706. The van der Waals surface area contributed by atoms with E-state index in [1.54, 1.807) is 24.3 Å². The second-order valence-corrected chi connectivity index (χ2v) is 6.66. The zero-order valence-electron chi connectivity index (χ0n) is 15.1. The molecule has 3 aromatic rings. The highest BCUT2D eigenvalue weighted by Gasteiger charge is 2.49. The van der Waals surface area contributed by atoms with Crippen molar-refractivity contribution < 1.29 is 20.1 Å². The summed E-state index contributed by atoms with van der Waals surface area (Å²) in [4.78, 5) is 22.8. The van der Waals surface area contributed by atoms with Crippen LogP contribution in [0.15, 0.2) is 45.4 Å². The highest BCUT2D eigenvalue weighted by atomic mass is 16.5. The molecule has 6 N–H and O–H groups in total. The summed E-state index contributed by atoms with van der Waals surface area (Å²) in [6.07, 6.45) is -2.72.